The molecule has 1 heterocycles. The van der Waals surface area contributed by atoms with Crippen molar-refractivity contribution in [2.24, 2.45) is 0 Å². The van der Waals surface area contributed by atoms with E-state index in [1.165, 1.54) is 13.2 Å². The van der Waals surface area contributed by atoms with Crippen molar-refractivity contribution in [3.05, 3.63) is 61.3 Å². The van der Waals surface area contributed by atoms with E-state index in [1.54, 1.807) is 39.0 Å². The minimum Gasteiger partial charge on any atom is -0.493 e. The van der Waals surface area contributed by atoms with Crippen molar-refractivity contribution in [2.45, 2.75) is 27.2 Å². The number of ether oxygens (including phenoxy) is 4. The molecule has 0 aliphatic heterocycles. The first-order valence-corrected chi connectivity index (χ1v) is 12.6. The van der Waals surface area contributed by atoms with E-state index < -0.39 is 17.7 Å². The topological polar surface area (TPSA) is 112 Å². The maximum Gasteiger partial charge on any atom is 0.348 e. The van der Waals surface area contributed by atoms with Gasteiger partial charge < -0.3 is 18.9 Å². The lowest BCUT2D eigenvalue weighted by Crippen LogP contribution is -2.12. The predicted octanol–water partition coefficient (Wildman–Crippen LogP) is 5.46. The number of rotatable bonds is 12. The van der Waals surface area contributed by atoms with Crippen LogP contribution >= 0.6 is 27.3 Å². The van der Waals surface area contributed by atoms with Gasteiger partial charge >= 0.3 is 11.9 Å². The van der Waals surface area contributed by atoms with Gasteiger partial charge in [0.1, 0.15) is 17.6 Å². The maximum absolute atomic E-state index is 13.1. The highest BCUT2D eigenvalue weighted by atomic mass is 79.9. The van der Waals surface area contributed by atoms with E-state index in [0.29, 0.717) is 32.0 Å². The number of nitrogens with zero attached hydrogens (tertiary/aromatic N) is 1. The summed E-state index contributed by atoms with van der Waals surface area (Å²) >= 11 is 4.40. The summed E-state index contributed by atoms with van der Waals surface area (Å²) in [5, 5.41) is 9.70. The summed E-state index contributed by atoms with van der Waals surface area (Å²) in [7, 11) is 1.48. The molecule has 0 spiro atoms. The minimum atomic E-state index is -0.643. The lowest BCUT2D eigenvalue weighted by molar-refractivity contribution is -0.114. The fourth-order valence-corrected chi connectivity index (χ4v) is 5.01. The van der Waals surface area contributed by atoms with Crippen LogP contribution in [0.3, 0.4) is 0 Å². The summed E-state index contributed by atoms with van der Waals surface area (Å²) in [6.07, 6.45) is 2.75. The molecule has 0 N–H and O–H groups in total. The van der Waals surface area contributed by atoms with Crippen molar-refractivity contribution in [1.82, 2.24) is 0 Å². The molecule has 0 amide bonds. The molecular formula is C26H26BrNO7S. The number of thiophene rings is 1. The van der Waals surface area contributed by atoms with Gasteiger partial charge in [-0.05, 0) is 66.0 Å². The molecule has 0 aliphatic rings. The molecule has 0 saturated heterocycles. The summed E-state index contributed by atoms with van der Waals surface area (Å²) in [6.45, 7) is 9.11. The third-order valence-corrected chi connectivity index (χ3v) is 6.67. The first-order chi connectivity index (χ1) is 17.2. The Morgan fingerprint density at radius 2 is 1.83 bits per heavy atom. The Labute approximate surface area is 222 Å². The zero-order chi connectivity index (χ0) is 26.8. The van der Waals surface area contributed by atoms with Crippen LogP contribution in [-0.2, 0) is 20.7 Å². The molecule has 190 valence electrons. The Balaban J connectivity index is 2.46. The molecule has 36 heavy (non-hydrogen) atoms. The van der Waals surface area contributed by atoms with Crippen molar-refractivity contribution in [3.63, 3.8) is 0 Å². The van der Waals surface area contributed by atoms with Gasteiger partial charge in [0.05, 0.1) is 35.9 Å². The van der Waals surface area contributed by atoms with E-state index in [2.05, 4.69) is 22.5 Å². The molecule has 8 nitrogen and oxygen atoms in total. The number of esters is 2. The molecule has 0 unspecified atom stereocenters. The Morgan fingerprint density at radius 3 is 2.42 bits per heavy atom. The molecule has 1 aromatic carbocycles. The zero-order valence-corrected chi connectivity index (χ0v) is 22.8. The molecule has 0 atom stereocenters. The van der Waals surface area contributed by atoms with E-state index in [4.69, 9.17) is 18.9 Å². The van der Waals surface area contributed by atoms with Crippen LogP contribution in [-0.4, -0.2) is 44.7 Å². The van der Waals surface area contributed by atoms with Crippen molar-refractivity contribution < 1.29 is 33.3 Å². The van der Waals surface area contributed by atoms with E-state index in [-0.39, 0.29) is 42.3 Å². The van der Waals surface area contributed by atoms with Crippen molar-refractivity contribution in [2.75, 3.05) is 26.9 Å². The normalized spacial score (nSPS) is 10.8. The van der Waals surface area contributed by atoms with E-state index in [1.807, 2.05) is 6.07 Å². The van der Waals surface area contributed by atoms with Gasteiger partial charge in [-0.2, -0.15) is 5.26 Å². The molecule has 2 aromatic rings. The van der Waals surface area contributed by atoms with Crippen LogP contribution in [0.2, 0.25) is 0 Å². The number of hydrogen-bond acceptors (Lipinski definition) is 9. The summed E-state index contributed by atoms with van der Waals surface area (Å²) in [5.74, 6) is -0.896. The fraction of sp³-hybridized carbons (Fsp3) is 0.308. The molecule has 0 radical (unpaired) electrons. The highest BCUT2D eigenvalue weighted by Gasteiger charge is 2.28. The van der Waals surface area contributed by atoms with Crippen LogP contribution in [0.4, 0.5) is 0 Å². The van der Waals surface area contributed by atoms with Gasteiger partial charge in [-0.1, -0.05) is 12.7 Å². The lowest BCUT2D eigenvalue weighted by atomic mass is 10.0. The molecule has 0 fully saturated rings. The first-order valence-electron chi connectivity index (χ1n) is 10.9. The summed E-state index contributed by atoms with van der Waals surface area (Å²) < 4.78 is 21.8. The second-order valence-corrected chi connectivity index (χ2v) is 9.16. The molecule has 10 heteroatoms. The van der Waals surface area contributed by atoms with Gasteiger partial charge in [-0.3, -0.25) is 4.79 Å². The van der Waals surface area contributed by atoms with Crippen LogP contribution in [0.25, 0.3) is 6.08 Å². The molecular weight excluding hydrogens is 550 g/mol. The number of halogens is 1. The smallest absolute Gasteiger partial charge is 0.348 e. The Bertz CT molecular complexity index is 1240. The van der Waals surface area contributed by atoms with Gasteiger partial charge in [-0.25, -0.2) is 9.59 Å². The van der Waals surface area contributed by atoms with Gasteiger partial charge in [0.2, 0.25) is 0 Å². The van der Waals surface area contributed by atoms with Crippen LogP contribution in [0.5, 0.6) is 11.5 Å². The highest BCUT2D eigenvalue weighted by Crippen LogP contribution is 2.37. The number of methoxy groups -OCH3 is 1. The van der Waals surface area contributed by atoms with E-state index >= 15 is 0 Å². The minimum absolute atomic E-state index is 0.128. The maximum atomic E-state index is 13.1. The molecule has 0 aliphatic carbocycles. The number of Topliss-reactive ketones (excluding diaryl/α,β-unsaturated/α-hetero) is 1. The van der Waals surface area contributed by atoms with Crippen LogP contribution < -0.4 is 9.47 Å². The molecule has 0 bridgehead atoms. The van der Waals surface area contributed by atoms with Crippen molar-refractivity contribution in [3.8, 4) is 17.6 Å². The highest BCUT2D eigenvalue weighted by molar-refractivity contribution is 9.10. The molecule has 1 aromatic heterocycles. The molecule has 2 rings (SSSR count). The van der Waals surface area contributed by atoms with Crippen LogP contribution in [0, 0.1) is 18.3 Å². The Hall–Kier alpha value is -3.42. The number of ketones is 1. The lowest BCUT2D eigenvalue weighted by Gasteiger charge is -2.12. The monoisotopic (exact) mass is 575 g/mol. The SMILES string of the molecule is C=CCOc1c(Br)cc(/C=C(\C#N)C(=O)Cc2sc(C(=O)OCC)c(C)c2C(=O)OCC)cc1OC. The Morgan fingerprint density at radius 1 is 1.17 bits per heavy atom. The Kier molecular flexibility index (Phi) is 10.9. The number of hydrogen-bond donors (Lipinski definition) is 0. The average Bonchev–Trinajstić information content (AvgIpc) is 3.17. The standard InChI is InChI=1S/C26H26BrNO7S/c1-6-9-35-23-18(27)11-16(12-20(23)32-5)10-17(14-28)19(29)13-21-22(25(30)33-7-2)15(4)24(36-21)26(31)34-8-3/h6,10-12H,1,7-9,13H2,2-5H3/b17-10+. The second kappa shape index (κ2) is 13.6. The largest absolute Gasteiger partial charge is 0.493 e. The van der Waals surface area contributed by atoms with Gasteiger partial charge in [-0.15, -0.1) is 11.3 Å². The number of carbonyl (C=O) groups excluding carboxylic acids is 3. The quantitative estimate of drug-likeness (QED) is 0.142. The summed E-state index contributed by atoms with van der Waals surface area (Å²) in [4.78, 5) is 38.6. The summed E-state index contributed by atoms with van der Waals surface area (Å²) in [5.41, 5.74) is 0.909. The van der Waals surface area contributed by atoms with Gasteiger partial charge in [0.15, 0.2) is 17.3 Å². The third kappa shape index (κ3) is 6.83. The predicted molar refractivity (Wildman–Crippen MR) is 140 cm³/mol. The van der Waals surface area contributed by atoms with Crippen molar-refractivity contribution in [1.29, 1.82) is 5.26 Å². The van der Waals surface area contributed by atoms with E-state index in [9.17, 15) is 19.6 Å². The average molecular weight is 576 g/mol. The van der Waals surface area contributed by atoms with Gasteiger partial charge in [0, 0.05) is 11.3 Å². The van der Waals surface area contributed by atoms with Gasteiger partial charge in [0.25, 0.3) is 0 Å². The first kappa shape index (κ1) is 28.8. The van der Waals surface area contributed by atoms with E-state index in [0.717, 1.165) is 11.3 Å². The number of allylic oxidation sites excluding steroid dienone is 1. The second-order valence-electron chi connectivity index (χ2n) is 7.20. The number of carbonyl (C=O) groups is 3. The third-order valence-electron chi connectivity index (χ3n) is 4.81. The van der Waals surface area contributed by atoms with Crippen LogP contribution in [0.15, 0.2) is 34.8 Å². The fourth-order valence-electron chi connectivity index (χ4n) is 3.25. The number of nitriles is 1. The van der Waals surface area contributed by atoms with Crippen LogP contribution in [0.1, 0.15) is 49.9 Å². The molecule has 0 saturated carbocycles. The number of benzene rings is 1. The summed E-state index contributed by atoms with van der Waals surface area (Å²) in [6, 6.07) is 5.24. The van der Waals surface area contributed by atoms with Crippen molar-refractivity contribution >= 4 is 51.1 Å². The zero-order valence-electron chi connectivity index (χ0n) is 20.4.